The Morgan fingerprint density at radius 2 is 1.92 bits per heavy atom. The first-order valence-electron chi connectivity index (χ1n) is 12.0. The van der Waals surface area contributed by atoms with Crippen LogP contribution in [0.3, 0.4) is 0 Å². The number of nitrogens with one attached hydrogen (secondary N) is 1. The van der Waals surface area contributed by atoms with Crippen LogP contribution in [0.4, 0.5) is 13.2 Å². The fraction of sp³-hybridized carbons (Fsp3) is 0.370. The Morgan fingerprint density at radius 1 is 1.11 bits per heavy atom. The number of thioether (sulfide) groups is 1. The molecule has 0 radical (unpaired) electrons. The van der Waals surface area contributed by atoms with Gasteiger partial charge in [0.1, 0.15) is 10.8 Å². The fourth-order valence-corrected chi connectivity index (χ4v) is 4.90. The molecule has 0 spiro atoms. The number of aromatic nitrogens is 2. The molecule has 0 aliphatic carbocycles. The molecular weight excluding hydrogens is 517 g/mol. The summed E-state index contributed by atoms with van der Waals surface area (Å²) in [6.45, 7) is 6.83. The molecule has 38 heavy (non-hydrogen) atoms. The van der Waals surface area contributed by atoms with Crippen molar-refractivity contribution >= 4 is 17.6 Å². The van der Waals surface area contributed by atoms with Gasteiger partial charge in [-0.05, 0) is 62.1 Å². The van der Waals surface area contributed by atoms with Gasteiger partial charge >= 0.3 is 6.18 Å². The second kappa shape index (κ2) is 12.1. The smallest absolute Gasteiger partial charge is 0.416 e. The predicted molar refractivity (Wildman–Crippen MR) is 140 cm³/mol. The highest BCUT2D eigenvalue weighted by molar-refractivity contribution is 7.99. The van der Waals surface area contributed by atoms with Crippen LogP contribution in [-0.4, -0.2) is 48.2 Å². The van der Waals surface area contributed by atoms with Crippen LogP contribution < -0.4 is 10.2 Å². The highest BCUT2D eigenvalue weighted by atomic mass is 32.2. The SMILES string of the molecule is COCCSc1nnc(Oc2cccc(C(F)(F)F)c2)c(C2=N[C@H](Cc3ccc(C)cc3C)CON2)c1C. The molecule has 202 valence electrons. The zero-order valence-electron chi connectivity index (χ0n) is 21.6. The van der Waals surface area contributed by atoms with Crippen LogP contribution in [-0.2, 0) is 22.2 Å². The van der Waals surface area contributed by atoms with E-state index in [9.17, 15) is 13.2 Å². The lowest BCUT2D eigenvalue weighted by atomic mass is 9.99. The number of halogens is 3. The van der Waals surface area contributed by atoms with Crippen molar-refractivity contribution in [3.63, 3.8) is 0 Å². The quantitative estimate of drug-likeness (QED) is 0.267. The predicted octanol–water partition coefficient (Wildman–Crippen LogP) is 5.84. The third-order valence-corrected chi connectivity index (χ3v) is 7.02. The monoisotopic (exact) mass is 546 g/mol. The minimum Gasteiger partial charge on any atom is -0.437 e. The van der Waals surface area contributed by atoms with Gasteiger partial charge in [0.15, 0.2) is 5.84 Å². The first kappa shape index (κ1) is 27.9. The van der Waals surface area contributed by atoms with Crippen LogP contribution in [0.2, 0.25) is 0 Å². The van der Waals surface area contributed by atoms with Gasteiger partial charge in [-0.15, -0.1) is 22.0 Å². The topological polar surface area (TPSA) is 77.9 Å². The van der Waals surface area contributed by atoms with E-state index in [1.807, 2.05) is 13.8 Å². The van der Waals surface area contributed by atoms with Crippen molar-refractivity contribution in [1.82, 2.24) is 15.7 Å². The molecule has 2 aromatic carbocycles. The van der Waals surface area contributed by atoms with Crippen molar-refractivity contribution in [2.75, 3.05) is 26.1 Å². The first-order chi connectivity index (χ1) is 18.2. The molecule has 0 saturated carbocycles. The van der Waals surface area contributed by atoms with Crippen molar-refractivity contribution in [2.45, 2.75) is 44.4 Å². The summed E-state index contributed by atoms with van der Waals surface area (Å²) in [5, 5.41) is 9.12. The van der Waals surface area contributed by atoms with Gasteiger partial charge in [-0.3, -0.25) is 9.83 Å². The molecule has 2 heterocycles. The molecule has 0 unspecified atom stereocenters. The molecule has 3 aromatic rings. The summed E-state index contributed by atoms with van der Waals surface area (Å²) in [5.41, 5.74) is 6.75. The van der Waals surface area contributed by atoms with Gasteiger partial charge in [0.05, 0.1) is 30.4 Å². The largest absolute Gasteiger partial charge is 0.437 e. The van der Waals surface area contributed by atoms with Crippen molar-refractivity contribution in [2.24, 2.45) is 4.99 Å². The lowest BCUT2D eigenvalue weighted by Gasteiger charge is -2.24. The van der Waals surface area contributed by atoms with E-state index in [4.69, 9.17) is 19.3 Å². The maximum Gasteiger partial charge on any atom is 0.416 e. The van der Waals surface area contributed by atoms with E-state index in [2.05, 4.69) is 40.8 Å². The molecule has 1 N–H and O–H groups in total. The third-order valence-electron chi connectivity index (χ3n) is 5.99. The van der Waals surface area contributed by atoms with Gasteiger partial charge in [0.25, 0.3) is 0 Å². The molecular formula is C27H29F3N4O3S. The summed E-state index contributed by atoms with van der Waals surface area (Å²) in [6, 6.07) is 10.7. The van der Waals surface area contributed by atoms with E-state index >= 15 is 0 Å². The molecule has 1 aliphatic heterocycles. The van der Waals surface area contributed by atoms with E-state index in [0.717, 1.165) is 17.7 Å². The third kappa shape index (κ3) is 6.83. The van der Waals surface area contributed by atoms with E-state index in [1.165, 1.54) is 35.0 Å². The number of alkyl halides is 3. The second-order valence-corrected chi connectivity index (χ2v) is 10.0. The Morgan fingerprint density at radius 3 is 2.66 bits per heavy atom. The number of nitrogens with zero attached hydrogens (tertiary/aromatic N) is 3. The van der Waals surface area contributed by atoms with Gasteiger partial charge in [0.2, 0.25) is 5.88 Å². The minimum absolute atomic E-state index is 0.0151. The number of aryl methyl sites for hydroxylation is 2. The summed E-state index contributed by atoms with van der Waals surface area (Å²) in [4.78, 5) is 10.6. The Balaban J connectivity index is 1.70. The van der Waals surface area contributed by atoms with Crippen LogP contribution in [0, 0.1) is 20.8 Å². The van der Waals surface area contributed by atoms with Gasteiger partial charge in [0, 0.05) is 12.9 Å². The van der Waals surface area contributed by atoms with Crippen molar-refractivity contribution < 1.29 is 27.5 Å². The molecule has 7 nitrogen and oxygen atoms in total. The fourth-order valence-electron chi connectivity index (χ4n) is 4.04. The van der Waals surface area contributed by atoms with E-state index in [-0.39, 0.29) is 17.7 Å². The van der Waals surface area contributed by atoms with Crippen LogP contribution in [0.1, 0.15) is 33.4 Å². The van der Waals surface area contributed by atoms with Gasteiger partial charge in [-0.2, -0.15) is 13.2 Å². The van der Waals surface area contributed by atoms with E-state index in [1.54, 1.807) is 7.11 Å². The van der Waals surface area contributed by atoms with Crippen LogP contribution >= 0.6 is 11.8 Å². The van der Waals surface area contributed by atoms with Crippen molar-refractivity contribution in [3.05, 3.63) is 75.8 Å². The van der Waals surface area contributed by atoms with Crippen molar-refractivity contribution in [3.8, 4) is 11.6 Å². The summed E-state index contributed by atoms with van der Waals surface area (Å²) < 4.78 is 50.8. The molecule has 0 bridgehead atoms. The molecule has 0 saturated heterocycles. The zero-order valence-corrected chi connectivity index (χ0v) is 22.4. The van der Waals surface area contributed by atoms with E-state index in [0.29, 0.717) is 47.4 Å². The minimum atomic E-state index is -4.50. The molecule has 4 rings (SSSR count). The molecule has 11 heteroatoms. The number of ether oxygens (including phenoxy) is 2. The zero-order chi connectivity index (χ0) is 27.3. The number of hydrogen-bond donors (Lipinski definition) is 1. The lowest BCUT2D eigenvalue weighted by molar-refractivity contribution is -0.137. The standard InChI is InChI=1S/C27H29F3N4O3S/c1-16-8-9-19(17(2)12-16)13-21-15-36-34-24(31-21)23-18(3)26(38-11-10-35-4)33-32-25(23)37-22-7-5-6-20(14-22)27(28,29)30/h5-9,12,14,21H,10-11,13,15H2,1-4H3,(H,31,34)/t21-/m1/s1. The second-order valence-electron chi connectivity index (χ2n) is 8.96. The maximum absolute atomic E-state index is 13.3. The Labute approximate surface area is 223 Å². The summed E-state index contributed by atoms with van der Waals surface area (Å²) >= 11 is 1.45. The molecule has 1 aromatic heterocycles. The van der Waals surface area contributed by atoms with Crippen LogP contribution in [0.15, 0.2) is 52.5 Å². The number of rotatable bonds is 9. The summed E-state index contributed by atoms with van der Waals surface area (Å²) in [5.74, 6) is 1.04. The lowest BCUT2D eigenvalue weighted by Crippen LogP contribution is -2.37. The average molecular weight is 547 g/mol. The number of hydrogen-bond acceptors (Lipinski definition) is 8. The Bertz CT molecular complexity index is 1320. The number of hydroxylamine groups is 1. The molecule has 1 aliphatic rings. The highest BCUT2D eigenvalue weighted by Gasteiger charge is 2.31. The van der Waals surface area contributed by atoms with Gasteiger partial charge in [-0.1, -0.05) is 29.8 Å². The van der Waals surface area contributed by atoms with Crippen molar-refractivity contribution in [1.29, 1.82) is 0 Å². The highest BCUT2D eigenvalue weighted by Crippen LogP contribution is 2.35. The number of benzene rings is 2. The summed E-state index contributed by atoms with van der Waals surface area (Å²) in [7, 11) is 1.62. The normalized spacial score (nSPS) is 15.7. The van der Waals surface area contributed by atoms with Gasteiger partial charge < -0.3 is 9.47 Å². The first-order valence-corrected chi connectivity index (χ1v) is 13.0. The number of aliphatic imine (C=N–C) groups is 1. The summed E-state index contributed by atoms with van der Waals surface area (Å²) in [6.07, 6.45) is -3.84. The molecule has 0 amide bonds. The molecule has 0 fully saturated rings. The Kier molecular flexibility index (Phi) is 8.91. The molecule has 1 atom stereocenters. The number of methoxy groups -OCH3 is 1. The van der Waals surface area contributed by atoms with Crippen LogP contribution in [0.5, 0.6) is 11.6 Å². The average Bonchev–Trinajstić information content (AvgIpc) is 2.87. The van der Waals surface area contributed by atoms with Gasteiger partial charge in [-0.25, -0.2) is 5.48 Å². The maximum atomic E-state index is 13.3. The van der Waals surface area contributed by atoms with E-state index < -0.39 is 11.7 Å². The van der Waals surface area contributed by atoms with Crippen LogP contribution in [0.25, 0.3) is 0 Å². The Hall–Kier alpha value is -3.15. The number of amidine groups is 1.